The van der Waals surface area contributed by atoms with Crippen molar-refractivity contribution in [3.63, 3.8) is 0 Å². The van der Waals surface area contributed by atoms with E-state index in [-0.39, 0.29) is 12.2 Å². The van der Waals surface area contributed by atoms with Crippen LogP contribution in [0.15, 0.2) is 29.3 Å². The van der Waals surface area contributed by atoms with Crippen LogP contribution in [0.5, 0.6) is 0 Å². The Morgan fingerprint density at radius 3 is 2.69 bits per heavy atom. The summed E-state index contributed by atoms with van der Waals surface area (Å²) < 4.78 is 26.2. The van der Waals surface area contributed by atoms with Crippen LogP contribution in [0.2, 0.25) is 0 Å². The number of nitrogens with one attached hydrogen (secondary N) is 2. The second-order valence-corrected chi connectivity index (χ2v) is 4.07. The van der Waals surface area contributed by atoms with Crippen molar-refractivity contribution in [2.75, 3.05) is 11.9 Å². The summed E-state index contributed by atoms with van der Waals surface area (Å²) in [5.41, 5.74) is -0.0842. The van der Waals surface area contributed by atoms with Gasteiger partial charge in [-0.1, -0.05) is 22.5 Å². The van der Waals surface area contributed by atoms with E-state index < -0.39 is 17.7 Å². The summed E-state index contributed by atoms with van der Waals surface area (Å²) in [5.74, 6) is -1.52. The average molecular weight is 291 g/mol. The van der Waals surface area contributed by atoms with Gasteiger partial charge in [0.1, 0.15) is 11.6 Å². The Bertz CT molecular complexity index is 423. The predicted molar refractivity (Wildman–Crippen MR) is 61.4 cm³/mol. The number of rotatable bonds is 3. The summed E-state index contributed by atoms with van der Waals surface area (Å²) in [4.78, 5) is 11.2. The van der Waals surface area contributed by atoms with E-state index in [0.29, 0.717) is 10.5 Å². The van der Waals surface area contributed by atoms with Crippen LogP contribution in [-0.2, 0) is 0 Å². The Hall–Kier alpha value is -1.43. The Morgan fingerprint density at radius 1 is 1.44 bits per heavy atom. The SMILES string of the molecule is C=C(Br)CNC(=O)Nc1ccc(F)cc1F. The quantitative estimate of drug-likeness (QED) is 0.883. The van der Waals surface area contributed by atoms with E-state index in [1.165, 1.54) is 0 Å². The second-order valence-electron chi connectivity index (χ2n) is 2.95. The van der Waals surface area contributed by atoms with E-state index in [1.807, 2.05) is 0 Å². The maximum absolute atomic E-state index is 13.1. The number of halogens is 3. The minimum Gasteiger partial charge on any atom is -0.333 e. The molecule has 0 fully saturated rings. The van der Waals surface area contributed by atoms with Gasteiger partial charge in [-0.05, 0) is 12.1 Å². The summed E-state index contributed by atoms with van der Waals surface area (Å²) >= 11 is 3.05. The van der Waals surface area contributed by atoms with Crippen molar-refractivity contribution in [1.82, 2.24) is 5.32 Å². The molecule has 1 aromatic carbocycles. The highest BCUT2D eigenvalue weighted by Crippen LogP contribution is 2.14. The van der Waals surface area contributed by atoms with Gasteiger partial charge in [-0.15, -0.1) is 0 Å². The molecule has 0 unspecified atom stereocenters. The molecule has 86 valence electrons. The van der Waals surface area contributed by atoms with Gasteiger partial charge in [-0.3, -0.25) is 0 Å². The molecule has 0 spiro atoms. The van der Waals surface area contributed by atoms with Crippen LogP contribution in [0.3, 0.4) is 0 Å². The van der Waals surface area contributed by atoms with E-state index >= 15 is 0 Å². The lowest BCUT2D eigenvalue weighted by Gasteiger charge is -2.07. The Kier molecular flexibility index (Phi) is 4.42. The highest BCUT2D eigenvalue weighted by atomic mass is 79.9. The summed E-state index contributed by atoms with van der Waals surface area (Å²) in [6, 6.07) is 2.31. The number of amides is 2. The van der Waals surface area contributed by atoms with Crippen molar-refractivity contribution in [2.45, 2.75) is 0 Å². The molecule has 0 aromatic heterocycles. The molecule has 16 heavy (non-hydrogen) atoms. The van der Waals surface area contributed by atoms with Crippen LogP contribution in [0.25, 0.3) is 0 Å². The molecule has 0 radical (unpaired) electrons. The topological polar surface area (TPSA) is 41.1 Å². The zero-order chi connectivity index (χ0) is 12.1. The Labute approximate surface area is 99.7 Å². The smallest absolute Gasteiger partial charge is 0.319 e. The van der Waals surface area contributed by atoms with Crippen LogP contribution < -0.4 is 10.6 Å². The van der Waals surface area contributed by atoms with Gasteiger partial charge in [-0.2, -0.15) is 0 Å². The highest BCUT2D eigenvalue weighted by Gasteiger charge is 2.07. The zero-order valence-electron chi connectivity index (χ0n) is 8.19. The molecule has 6 heteroatoms. The van der Waals surface area contributed by atoms with Crippen molar-refractivity contribution in [2.24, 2.45) is 0 Å². The standard InChI is InChI=1S/C10H9BrF2N2O/c1-6(11)5-14-10(16)15-9-3-2-7(12)4-8(9)13/h2-4H,1,5H2,(H2,14,15,16). The lowest BCUT2D eigenvalue weighted by Crippen LogP contribution is -2.29. The zero-order valence-corrected chi connectivity index (χ0v) is 9.77. The first-order valence-corrected chi connectivity index (χ1v) is 5.11. The van der Waals surface area contributed by atoms with Gasteiger partial charge in [0.15, 0.2) is 0 Å². The number of hydrogen-bond donors (Lipinski definition) is 2. The van der Waals surface area contributed by atoms with Crippen molar-refractivity contribution in [3.05, 3.63) is 40.9 Å². The molecule has 0 aliphatic heterocycles. The molecule has 0 heterocycles. The van der Waals surface area contributed by atoms with Crippen molar-refractivity contribution < 1.29 is 13.6 Å². The molecule has 1 aromatic rings. The average Bonchev–Trinajstić information content (AvgIpc) is 2.19. The molecule has 0 aliphatic rings. The molecular formula is C10H9BrF2N2O. The second kappa shape index (κ2) is 5.60. The monoisotopic (exact) mass is 290 g/mol. The third kappa shape index (κ3) is 3.98. The maximum Gasteiger partial charge on any atom is 0.319 e. The molecule has 1 rings (SSSR count). The largest absolute Gasteiger partial charge is 0.333 e. The van der Waals surface area contributed by atoms with Crippen LogP contribution in [0.1, 0.15) is 0 Å². The van der Waals surface area contributed by atoms with Gasteiger partial charge in [0, 0.05) is 10.5 Å². The third-order valence-corrected chi connectivity index (χ3v) is 1.90. The molecule has 3 nitrogen and oxygen atoms in total. The molecule has 0 aliphatic carbocycles. The highest BCUT2D eigenvalue weighted by molar-refractivity contribution is 9.11. The fourth-order valence-corrected chi connectivity index (χ4v) is 1.07. The summed E-state index contributed by atoms with van der Waals surface area (Å²) in [6.45, 7) is 3.73. The molecule has 0 bridgehead atoms. The normalized spacial score (nSPS) is 9.69. The van der Waals surface area contributed by atoms with Crippen molar-refractivity contribution in [3.8, 4) is 0 Å². The number of benzene rings is 1. The van der Waals surface area contributed by atoms with E-state index in [0.717, 1.165) is 12.1 Å². The van der Waals surface area contributed by atoms with Crippen LogP contribution in [0, 0.1) is 11.6 Å². The first kappa shape index (κ1) is 12.6. The van der Waals surface area contributed by atoms with Gasteiger partial charge in [0.25, 0.3) is 0 Å². The van der Waals surface area contributed by atoms with Gasteiger partial charge in [0.05, 0.1) is 12.2 Å². The summed E-state index contributed by atoms with van der Waals surface area (Å²) in [6.07, 6.45) is 0. The Balaban J connectivity index is 2.59. The third-order valence-electron chi connectivity index (χ3n) is 1.62. The first-order chi connectivity index (χ1) is 7.49. The molecule has 0 saturated heterocycles. The lowest BCUT2D eigenvalue weighted by atomic mass is 10.3. The Morgan fingerprint density at radius 2 is 2.12 bits per heavy atom. The molecule has 2 amide bonds. The minimum atomic E-state index is -0.826. The predicted octanol–water partition coefficient (Wildman–Crippen LogP) is 2.99. The fourth-order valence-electron chi connectivity index (χ4n) is 0.934. The summed E-state index contributed by atoms with van der Waals surface area (Å²) in [5, 5.41) is 4.65. The van der Waals surface area contributed by atoms with E-state index in [2.05, 4.69) is 33.1 Å². The van der Waals surface area contributed by atoms with E-state index in [1.54, 1.807) is 0 Å². The number of urea groups is 1. The maximum atomic E-state index is 13.1. The number of hydrogen-bond acceptors (Lipinski definition) is 1. The molecule has 0 atom stereocenters. The molecule has 0 saturated carbocycles. The van der Waals surface area contributed by atoms with E-state index in [9.17, 15) is 13.6 Å². The summed E-state index contributed by atoms with van der Waals surface area (Å²) in [7, 11) is 0. The van der Waals surface area contributed by atoms with Crippen LogP contribution in [-0.4, -0.2) is 12.6 Å². The number of carbonyl (C=O) groups is 1. The molecule has 2 N–H and O–H groups in total. The number of anilines is 1. The van der Waals surface area contributed by atoms with Crippen LogP contribution in [0.4, 0.5) is 19.3 Å². The van der Waals surface area contributed by atoms with Crippen molar-refractivity contribution >= 4 is 27.6 Å². The van der Waals surface area contributed by atoms with E-state index in [4.69, 9.17) is 0 Å². The molecular weight excluding hydrogens is 282 g/mol. The van der Waals surface area contributed by atoms with Gasteiger partial charge in [0.2, 0.25) is 0 Å². The van der Waals surface area contributed by atoms with Gasteiger partial charge in [-0.25, -0.2) is 13.6 Å². The number of carbonyl (C=O) groups excluding carboxylic acids is 1. The van der Waals surface area contributed by atoms with Crippen LogP contribution >= 0.6 is 15.9 Å². The first-order valence-electron chi connectivity index (χ1n) is 4.32. The van der Waals surface area contributed by atoms with Gasteiger partial charge < -0.3 is 10.6 Å². The van der Waals surface area contributed by atoms with Crippen molar-refractivity contribution in [1.29, 1.82) is 0 Å². The fraction of sp³-hybridized carbons (Fsp3) is 0.100. The minimum absolute atomic E-state index is 0.0842. The lowest BCUT2D eigenvalue weighted by molar-refractivity contribution is 0.253. The van der Waals surface area contributed by atoms with Gasteiger partial charge >= 0.3 is 6.03 Å².